The largest absolute Gasteiger partial charge is 0.355 e. The fourth-order valence-corrected chi connectivity index (χ4v) is 2.61. The molecular formula is C10H18N4S. The summed E-state index contributed by atoms with van der Waals surface area (Å²) < 4.78 is 4.28. The van der Waals surface area contributed by atoms with E-state index < -0.39 is 0 Å². The van der Waals surface area contributed by atoms with Gasteiger partial charge in [-0.25, -0.2) is 4.98 Å². The van der Waals surface area contributed by atoms with Crippen molar-refractivity contribution in [1.82, 2.24) is 14.7 Å². The van der Waals surface area contributed by atoms with E-state index in [0.717, 1.165) is 43.3 Å². The molecule has 1 aromatic rings. The van der Waals surface area contributed by atoms with E-state index in [2.05, 4.69) is 33.8 Å². The molecule has 2 heterocycles. The van der Waals surface area contributed by atoms with Gasteiger partial charge in [0.25, 0.3) is 0 Å². The lowest BCUT2D eigenvalue weighted by molar-refractivity contribution is 0.365. The van der Waals surface area contributed by atoms with Gasteiger partial charge in [-0.3, -0.25) is 0 Å². The van der Waals surface area contributed by atoms with Crippen LogP contribution >= 0.6 is 11.5 Å². The number of anilines is 1. The third-order valence-corrected chi connectivity index (χ3v) is 3.57. The Morgan fingerprint density at radius 1 is 1.47 bits per heavy atom. The predicted molar refractivity (Wildman–Crippen MR) is 63.4 cm³/mol. The molecule has 0 spiro atoms. The summed E-state index contributed by atoms with van der Waals surface area (Å²) in [5.41, 5.74) is 0.190. The summed E-state index contributed by atoms with van der Waals surface area (Å²) in [6.07, 6.45) is 3.21. The minimum Gasteiger partial charge on any atom is -0.355 e. The minimum absolute atomic E-state index is 0.190. The molecule has 0 amide bonds. The second-order valence-corrected chi connectivity index (χ2v) is 5.06. The van der Waals surface area contributed by atoms with Crippen LogP contribution in [0.4, 0.5) is 5.13 Å². The Kier molecular flexibility index (Phi) is 3.21. The molecule has 1 aromatic heterocycles. The SMILES string of the molecule is CCc1nsc(NC2(C)CCNCC2)n1. The van der Waals surface area contributed by atoms with Crippen LogP contribution in [0.3, 0.4) is 0 Å². The average molecular weight is 226 g/mol. The molecule has 5 heteroatoms. The van der Waals surface area contributed by atoms with Crippen LogP contribution in [0.5, 0.6) is 0 Å². The van der Waals surface area contributed by atoms with E-state index in [1.807, 2.05) is 0 Å². The molecule has 0 aromatic carbocycles. The van der Waals surface area contributed by atoms with Crippen molar-refractivity contribution in [3.8, 4) is 0 Å². The van der Waals surface area contributed by atoms with Gasteiger partial charge >= 0.3 is 0 Å². The number of piperidine rings is 1. The quantitative estimate of drug-likeness (QED) is 0.823. The van der Waals surface area contributed by atoms with Gasteiger partial charge in [0.15, 0.2) is 0 Å². The maximum atomic E-state index is 4.44. The zero-order chi connectivity index (χ0) is 10.7. The molecule has 0 bridgehead atoms. The van der Waals surface area contributed by atoms with Crippen molar-refractivity contribution >= 4 is 16.7 Å². The highest BCUT2D eigenvalue weighted by Crippen LogP contribution is 2.24. The Balaban J connectivity index is 2.00. The Bertz CT molecular complexity index is 317. The van der Waals surface area contributed by atoms with Gasteiger partial charge in [-0.15, -0.1) is 0 Å². The van der Waals surface area contributed by atoms with Crippen LogP contribution in [0.25, 0.3) is 0 Å². The maximum Gasteiger partial charge on any atom is 0.202 e. The second-order valence-electron chi connectivity index (χ2n) is 4.30. The van der Waals surface area contributed by atoms with Crippen molar-refractivity contribution < 1.29 is 0 Å². The summed E-state index contributed by atoms with van der Waals surface area (Å²) >= 11 is 1.47. The van der Waals surface area contributed by atoms with Gasteiger partial charge in [0.05, 0.1) is 0 Å². The lowest BCUT2D eigenvalue weighted by Gasteiger charge is -2.34. The van der Waals surface area contributed by atoms with Crippen LogP contribution < -0.4 is 10.6 Å². The van der Waals surface area contributed by atoms with Crippen molar-refractivity contribution in [2.45, 2.75) is 38.6 Å². The standard InChI is InChI=1S/C10H18N4S/c1-3-8-12-9(15-14-8)13-10(2)4-6-11-7-5-10/h11H,3-7H2,1-2H3,(H,12,13,14). The summed E-state index contributed by atoms with van der Waals surface area (Å²) in [5.74, 6) is 0.944. The molecule has 1 aliphatic rings. The number of nitrogens with one attached hydrogen (secondary N) is 2. The number of aryl methyl sites for hydroxylation is 1. The number of rotatable bonds is 3. The third kappa shape index (κ3) is 2.66. The van der Waals surface area contributed by atoms with Gasteiger partial charge in [-0.2, -0.15) is 4.37 Å². The highest BCUT2D eigenvalue weighted by atomic mass is 32.1. The van der Waals surface area contributed by atoms with Crippen molar-refractivity contribution in [2.24, 2.45) is 0 Å². The first-order valence-electron chi connectivity index (χ1n) is 5.53. The molecule has 0 radical (unpaired) electrons. The lowest BCUT2D eigenvalue weighted by Crippen LogP contribution is -2.45. The fraction of sp³-hybridized carbons (Fsp3) is 0.800. The second kappa shape index (κ2) is 4.45. The maximum absolute atomic E-state index is 4.44. The van der Waals surface area contributed by atoms with Gasteiger partial charge in [0.1, 0.15) is 5.82 Å². The molecule has 0 unspecified atom stereocenters. The Hall–Kier alpha value is -0.680. The summed E-state index contributed by atoms with van der Waals surface area (Å²) in [6, 6.07) is 0. The molecule has 4 nitrogen and oxygen atoms in total. The molecule has 1 fully saturated rings. The molecule has 2 N–H and O–H groups in total. The van der Waals surface area contributed by atoms with Gasteiger partial charge in [0, 0.05) is 23.5 Å². The minimum atomic E-state index is 0.190. The first-order valence-corrected chi connectivity index (χ1v) is 6.31. The van der Waals surface area contributed by atoms with E-state index in [4.69, 9.17) is 0 Å². The van der Waals surface area contributed by atoms with Crippen molar-refractivity contribution in [3.05, 3.63) is 5.82 Å². The monoisotopic (exact) mass is 226 g/mol. The molecule has 0 atom stereocenters. The highest BCUT2D eigenvalue weighted by Gasteiger charge is 2.27. The Morgan fingerprint density at radius 3 is 2.80 bits per heavy atom. The van der Waals surface area contributed by atoms with E-state index >= 15 is 0 Å². The summed E-state index contributed by atoms with van der Waals surface area (Å²) in [5, 5.41) is 7.86. The molecule has 0 saturated carbocycles. The van der Waals surface area contributed by atoms with E-state index in [-0.39, 0.29) is 5.54 Å². The van der Waals surface area contributed by atoms with E-state index in [0.29, 0.717) is 0 Å². The van der Waals surface area contributed by atoms with E-state index in [1.165, 1.54) is 11.5 Å². The van der Waals surface area contributed by atoms with Crippen molar-refractivity contribution in [3.63, 3.8) is 0 Å². The van der Waals surface area contributed by atoms with Crippen LogP contribution in [-0.4, -0.2) is 28.0 Å². The molecule has 0 aliphatic carbocycles. The Morgan fingerprint density at radius 2 is 2.20 bits per heavy atom. The van der Waals surface area contributed by atoms with E-state index in [9.17, 15) is 0 Å². The van der Waals surface area contributed by atoms with Gasteiger partial charge in [-0.1, -0.05) is 6.92 Å². The highest BCUT2D eigenvalue weighted by molar-refractivity contribution is 7.09. The molecule has 1 saturated heterocycles. The molecule has 15 heavy (non-hydrogen) atoms. The molecule has 2 rings (SSSR count). The Labute approximate surface area is 94.7 Å². The van der Waals surface area contributed by atoms with Crippen LogP contribution in [0.1, 0.15) is 32.5 Å². The van der Waals surface area contributed by atoms with Gasteiger partial charge in [-0.05, 0) is 32.9 Å². The van der Waals surface area contributed by atoms with Crippen LogP contribution in [-0.2, 0) is 6.42 Å². The fourth-order valence-electron chi connectivity index (χ4n) is 1.81. The molecule has 1 aliphatic heterocycles. The molecule has 84 valence electrons. The zero-order valence-corrected chi connectivity index (χ0v) is 10.2. The van der Waals surface area contributed by atoms with Crippen molar-refractivity contribution in [2.75, 3.05) is 18.4 Å². The van der Waals surface area contributed by atoms with Gasteiger partial charge in [0.2, 0.25) is 5.13 Å². The number of hydrogen-bond acceptors (Lipinski definition) is 5. The normalized spacial score (nSPS) is 20.1. The first-order chi connectivity index (χ1) is 7.22. The smallest absolute Gasteiger partial charge is 0.202 e. The summed E-state index contributed by atoms with van der Waals surface area (Å²) in [6.45, 7) is 6.52. The third-order valence-electron chi connectivity index (χ3n) is 2.90. The van der Waals surface area contributed by atoms with Crippen LogP contribution in [0.2, 0.25) is 0 Å². The van der Waals surface area contributed by atoms with Crippen LogP contribution in [0.15, 0.2) is 0 Å². The number of nitrogens with zero attached hydrogens (tertiary/aromatic N) is 2. The van der Waals surface area contributed by atoms with Crippen LogP contribution in [0, 0.1) is 0 Å². The number of aromatic nitrogens is 2. The topological polar surface area (TPSA) is 49.8 Å². The predicted octanol–water partition coefficient (Wildman–Crippen LogP) is 1.65. The lowest BCUT2D eigenvalue weighted by atomic mass is 9.91. The zero-order valence-electron chi connectivity index (χ0n) is 9.34. The summed E-state index contributed by atoms with van der Waals surface area (Å²) in [7, 11) is 0. The summed E-state index contributed by atoms with van der Waals surface area (Å²) in [4.78, 5) is 4.44. The number of hydrogen-bond donors (Lipinski definition) is 2. The van der Waals surface area contributed by atoms with E-state index in [1.54, 1.807) is 0 Å². The average Bonchev–Trinajstić information content (AvgIpc) is 2.66. The first kappa shape index (κ1) is 10.8. The molecular weight excluding hydrogens is 208 g/mol. The van der Waals surface area contributed by atoms with Crippen molar-refractivity contribution in [1.29, 1.82) is 0 Å². The van der Waals surface area contributed by atoms with Gasteiger partial charge < -0.3 is 10.6 Å².